The number of oxime groups is 1. The second kappa shape index (κ2) is 5.26. The molecule has 0 spiro atoms. The van der Waals surface area contributed by atoms with Gasteiger partial charge < -0.3 is 10.2 Å². The highest BCUT2D eigenvalue weighted by Crippen LogP contribution is 2.05. The van der Waals surface area contributed by atoms with Gasteiger partial charge in [0.15, 0.2) is 11.5 Å². The number of aryl methyl sites for hydroxylation is 1. The number of benzene rings is 1. The smallest absolute Gasteiger partial charge is 0.251 e. The maximum Gasteiger partial charge on any atom is 0.251 e. The van der Waals surface area contributed by atoms with E-state index in [2.05, 4.69) is 15.1 Å². The highest BCUT2D eigenvalue weighted by atomic mass is 16.4. The Morgan fingerprint density at radius 2 is 2.00 bits per heavy atom. The quantitative estimate of drug-likeness (QED) is 0.373. The van der Waals surface area contributed by atoms with Crippen LogP contribution in [0, 0.1) is 6.92 Å². The number of nitrogens with one attached hydrogen (secondary N) is 1. The van der Waals surface area contributed by atoms with E-state index in [1.165, 1.54) is 6.07 Å². The number of Topliss-reactive ketones (excluding diaryl/α,β-unsaturated/α-hetero) is 1. The molecule has 1 heterocycles. The minimum absolute atomic E-state index is 0.0543. The SMILES string of the molecule is Cc1cc(=O)[nH]c(/C(=N\O)C(=O)c2ccccc2)n1. The number of carbonyl (C=O) groups is 1. The van der Waals surface area contributed by atoms with E-state index >= 15 is 0 Å². The Hall–Kier alpha value is -2.76. The molecule has 2 rings (SSSR count). The van der Waals surface area contributed by atoms with E-state index in [4.69, 9.17) is 5.21 Å². The first kappa shape index (κ1) is 12.7. The van der Waals surface area contributed by atoms with Crippen molar-refractivity contribution in [2.24, 2.45) is 5.16 Å². The van der Waals surface area contributed by atoms with Gasteiger partial charge in [-0.15, -0.1) is 0 Å². The Labute approximate surface area is 108 Å². The fourth-order valence-corrected chi connectivity index (χ4v) is 1.62. The summed E-state index contributed by atoms with van der Waals surface area (Å²) in [5, 5.41) is 11.9. The minimum Gasteiger partial charge on any atom is -0.410 e. The summed E-state index contributed by atoms with van der Waals surface area (Å²) < 4.78 is 0. The van der Waals surface area contributed by atoms with Crippen molar-refractivity contribution in [3.63, 3.8) is 0 Å². The number of hydrogen-bond donors (Lipinski definition) is 2. The van der Waals surface area contributed by atoms with Crippen molar-refractivity contribution >= 4 is 11.5 Å². The van der Waals surface area contributed by atoms with Crippen LogP contribution >= 0.6 is 0 Å². The Morgan fingerprint density at radius 1 is 1.32 bits per heavy atom. The highest BCUT2D eigenvalue weighted by molar-refractivity contribution is 6.50. The molecule has 1 aromatic carbocycles. The van der Waals surface area contributed by atoms with Gasteiger partial charge in [0, 0.05) is 17.3 Å². The van der Waals surface area contributed by atoms with Crippen LogP contribution in [0.2, 0.25) is 0 Å². The summed E-state index contributed by atoms with van der Waals surface area (Å²) in [5.74, 6) is -0.571. The van der Waals surface area contributed by atoms with Crippen molar-refractivity contribution in [3.8, 4) is 0 Å². The third kappa shape index (κ3) is 2.74. The Bertz CT molecular complexity index is 690. The van der Waals surface area contributed by atoms with E-state index in [-0.39, 0.29) is 11.5 Å². The summed E-state index contributed by atoms with van der Waals surface area (Å²) in [6.45, 7) is 1.61. The lowest BCUT2D eigenvalue weighted by molar-refractivity contribution is 0.106. The van der Waals surface area contributed by atoms with Gasteiger partial charge in [0.25, 0.3) is 5.56 Å². The van der Waals surface area contributed by atoms with Crippen molar-refractivity contribution < 1.29 is 10.0 Å². The van der Waals surface area contributed by atoms with Crippen LogP contribution in [-0.2, 0) is 0 Å². The molecule has 0 radical (unpaired) electrons. The van der Waals surface area contributed by atoms with E-state index in [0.717, 1.165) is 0 Å². The van der Waals surface area contributed by atoms with Crippen molar-refractivity contribution in [1.29, 1.82) is 0 Å². The van der Waals surface area contributed by atoms with Crippen LogP contribution in [0.5, 0.6) is 0 Å². The topological polar surface area (TPSA) is 95.4 Å². The third-order valence-corrected chi connectivity index (χ3v) is 2.45. The van der Waals surface area contributed by atoms with Gasteiger partial charge in [-0.1, -0.05) is 35.5 Å². The van der Waals surface area contributed by atoms with Gasteiger partial charge in [0.2, 0.25) is 5.78 Å². The van der Waals surface area contributed by atoms with Crippen LogP contribution in [0.25, 0.3) is 0 Å². The average molecular weight is 257 g/mol. The predicted octanol–water partition coefficient (Wildman–Crippen LogP) is 1.14. The van der Waals surface area contributed by atoms with Crippen LogP contribution in [0.1, 0.15) is 21.9 Å². The Balaban J connectivity index is 2.47. The van der Waals surface area contributed by atoms with Crippen LogP contribution in [-0.4, -0.2) is 26.7 Å². The van der Waals surface area contributed by atoms with Gasteiger partial charge in [-0.2, -0.15) is 0 Å². The maximum absolute atomic E-state index is 12.1. The lowest BCUT2D eigenvalue weighted by atomic mass is 10.1. The number of nitrogens with zero attached hydrogens (tertiary/aromatic N) is 2. The van der Waals surface area contributed by atoms with Crippen LogP contribution < -0.4 is 5.56 Å². The molecule has 0 bridgehead atoms. The van der Waals surface area contributed by atoms with E-state index in [0.29, 0.717) is 11.3 Å². The Morgan fingerprint density at radius 3 is 2.58 bits per heavy atom. The molecule has 2 aromatic rings. The summed E-state index contributed by atoms with van der Waals surface area (Å²) in [7, 11) is 0. The summed E-state index contributed by atoms with van der Waals surface area (Å²) in [4.78, 5) is 29.8. The van der Waals surface area contributed by atoms with Crippen LogP contribution in [0.15, 0.2) is 46.3 Å². The van der Waals surface area contributed by atoms with Gasteiger partial charge in [-0.3, -0.25) is 9.59 Å². The molecule has 0 aliphatic heterocycles. The standard InChI is InChI=1S/C13H11N3O3/c1-8-7-10(17)15-13(14-8)11(16-19)12(18)9-5-3-2-4-6-9/h2-7,19H,1H3,(H,14,15,17)/b16-11-. The minimum atomic E-state index is -0.517. The molecule has 0 fully saturated rings. The van der Waals surface area contributed by atoms with Crippen LogP contribution in [0.4, 0.5) is 0 Å². The fourth-order valence-electron chi connectivity index (χ4n) is 1.62. The second-order valence-corrected chi connectivity index (χ2v) is 3.88. The van der Waals surface area contributed by atoms with Crippen molar-refractivity contribution in [1.82, 2.24) is 9.97 Å². The van der Waals surface area contributed by atoms with Gasteiger partial charge in [0.05, 0.1) is 0 Å². The lowest BCUT2D eigenvalue weighted by Gasteiger charge is -2.03. The summed E-state index contributed by atoms with van der Waals surface area (Å²) in [6.07, 6.45) is 0. The largest absolute Gasteiger partial charge is 0.410 e. The number of ketones is 1. The monoisotopic (exact) mass is 257 g/mol. The van der Waals surface area contributed by atoms with Crippen LogP contribution in [0.3, 0.4) is 0 Å². The van der Waals surface area contributed by atoms with E-state index in [1.54, 1.807) is 37.3 Å². The molecule has 0 saturated carbocycles. The molecular formula is C13H11N3O3. The lowest BCUT2D eigenvalue weighted by Crippen LogP contribution is -2.23. The van der Waals surface area contributed by atoms with Crippen molar-refractivity contribution in [3.05, 3.63) is 63.8 Å². The molecule has 0 aliphatic rings. The molecule has 2 N–H and O–H groups in total. The first-order valence-corrected chi connectivity index (χ1v) is 5.52. The number of aromatic nitrogens is 2. The van der Waals surface area contributed by atoms with Gasteiger partial charge in [0.1, 0.15) is 0 Å². The first-order chi connectivity index (χ1) is 9.11. The number of aromatic amines is 1. The molecule has 1 aromatic heterocycles. The Kier molecular flexibility index (Phi) is 3.51. The zero-order chi connectivity index (χ0) is 13.8. The van der Waals surface area contributed by atoms with Crippen molar-refractivity contribution in [2.45, 2.75) is 6.92 Å². The number of rotatable bonds is 3. The molecule has 0 atom stereocenters. The molecule has 6 heteroatoms. The summed E-state index contributed by atoms with van der Waals surface area (Å²) in [5.41, 5.74) is 0.0664. The molecular weight excluding hydrogens is 246 g/mol. The molecule has 6 nitrogen and oxygen atoms in total. The van der Waals surface area contributed by atoms with Gasteiger partial charge >= 0.3 is 0 Å². The first-order valence-electron chi connectivity index (χ1n) is 5.52. The summed E-state index contributed by atoms with van der Waals surface area (Å²) in [6, 6.07) is 9.59. The van der Waals surface area contributed by atoms with Gasteiger partial charge in [-0.25, -0.2) is 4.98 Å². The molecule has 0 amide bonds. The average Bonchev–Trinajstić information content (AvgIpc) is 2.39. The van der Waals surface area contributed by atoms with E-state index in [1.807, 2.05) is 0 Å². The summed E-state index contributed by atoms with van der Waals surface area (Å²) >= 11 is 0. The number of hydrogen-bond acceptors (Lipinski definition) is 5. The number of carbonyl (C=O) groups excluding carboxylic acids is 1. The molecule has 19 heavy (non-hydrogen) atoms. The molecule has 0 aliphatic carbocycles. The van der Waals surface area contributed by atoms with E-state index < -0.39 is 11.3 Å². The third-order valence-electron chi connectivity index (χ3n) is 2.45. The maximum atomic E-state index is 12.1. The zero-order valence-corrected chi connectivity index (χ0v) is 10.1. The molecule has 0 unspecified atom stereocenters. The zero-order valence-electron chi connectivity index (χ0n) is 10.1. The second-order valence-electron chi connectivity index (χ2n) is 3.88. The van der Waals surface area contributed by atoms with Gasteiger partial charge in [-0.05, 0) is 6.92 Å². The molecule has 0 saturated heterocycles. The predicted molar refractivity (Wildman–Crippen MR) is 68.7 cm³/mol. The fraction of sp³-hybridized carbons (Fsp3) is 0.0769. The van der Waals surface area contributed by atoms with E-state index in [9.17, 15) is 9.59 Å². The normalized spacial score (nSPS) is 11.3. The molecule has 96 valence electrons. The van der Waals surface area contributed by atoms with Crippen molar-refractivity contribution in [2.75, 3.05) is 0 Å². The highest BCUT2D eigenvalue weighted by Gasteiger charge is 2.19. The number of H-pyrrole nitrogens is 1.